The van der Waals surface area contributed by atoms with Gasteiger partial charge in [0, 0.05) is 11.1 Å². The maximum Gasteiger partial charge on any atom is 0.258 e. The first-order chi connectivity index (χ1) is 10.1. The Morgan fingerprint density at radius 2 is 2.14 bits per heavy atom. The molecule has 0 unspecified atom stereocenters. The monoisotopic (exact) mass is 309 g/mol. The maximum absolute atomic E-state index is 12.0. The molecule has 1 aliphatic carbocycles. The zero-order chi connectivity index (χ0) is 15.2. The van der Waals surface area contributed by atoms with E-state index < -0.39 is 0 Å². The van der Waals surface area contributed by atoms with Crippen molar-refractivity contribution in [3.05, 3.63) is 28.8 Å². The molecule has 0 saturated heterocycles. The molecule has 0 radical (unpaired) electrons. The first kappa shape index (κ1) is 16.2. The van der Waals surface area contributed by atoms with Gasteiger partial charge in [-0.2, -0.15) is 0 Å². The summed E-state index contributed by atoms with van der Waals surface area (Å²) in [5.74, 6) is 1.22. The summed E-state index contributed by atoms with van der Waals surface area (Å²) in [6.45, 7) is 4.31. The highest BCUT2D eigenvalue weighted by atomic mass is 35.5. The summed E-state index contributed by atoms with van der Waals surface area (Å²) in [7, 11) is 0. The number of nitrogens with one attached hydrogen (secondary N) is 1. The van der Waals surface area contributed by atoms with Crippen LogP contribution in [-0.4, -0.2) is 18.6 Å². The van der Waals surface area contributed by atoms with Crippen LogP contribution in [0.1, 0.15) is 45.1 Å². The lowest BCUT2D eigenvalue weighted by molar-refractivity contribution is -0.124. The summed E-state index contributed by atoms with van der Waals surface area (Å²) in [6.07, 6.45) is 5.60. The van der Waals surface area contributed by atoms with Crippen molar-refractivity contribution in [2.75, 3.05) is 6.61 Å². The van der Waals surface area contributed by atoms with Gasteiger partial charge in [0.25, 0.3) is 5.91 Å². The molecule has 0 bridgehead atoms. The topological polar surface area (TPSA) is 38.3 Å². The van der Waals surface area contributed by atoms with Crippen LogP contribution in [-0.2, 0) is 11.2 Å². The summed E-state index contributed by atoms with van der Waals surface area (Å²) in [5.41, 5.74) is 1.04. The minimum atomic E-state index is -0.0400. The van der Waals surface area contributed by atoms with E-state index in [0.717, 1.165) is 23.4 Å². The molecule has 0 aliphatic heterocycles. The van der Waals surface area contributed by atoms with Gasteiger partial charge in [0.15, 0.2) is 6.61 Å². The van der Waals surface area contributed by atoms with E-state index in [1.165, 1.54) is 19.3 Å². The van der Waals surface area contributed by atoms with Gasteiger partial charge in [0.05, 0.1) is 0 Å². The number of carbonyl (C=O) groups excluding carboxylic acids is 1. The fraction of sp³-hybridized carbons (Fsp3) is 0.588. The van der Waals surface area contributed by atoms with E-state index in [4.69, 9.17) is 16.3 Å². The highest BCUT2D eigenvalue weighted by molar-refractivity contribution is 6.31. The van der Waals surface area contributed by atoms with Gasteiger partial charge in [-0.3, -0.25) is 4.79 Å². The van der Waals surface area contributed by atoms with Crippen LogP contribution in [0.15, 0.2) is 18.2 Å². The number of carbonyl (C=O) groups is 1. The molecule has 0 heterocycles. The fourth-order valence-corrected chi connectivity index (χ4v) is 3.09. The zero-order valence-corrected chi connectivity index (χ0v) is 13.6. The maximum atomic E-state index is 12.0. The van der Waals surface area contributed by atoms with E-state index in [1.54, 1.807) is 6.07 Å². The Kier molecular flexibility index (Phi) is 5.92. The molecule has 2 rings (SSSR count). The Morgan fingerprint density at radius 1 is 1.38 bits per heavy atom. The van der Waals surface area contributed by atoms with E-state index in [-0.39, 0.29) is 12.5 Å². The van der Waals surface area contributed by atoms with E-state index in [9.17, 15) is 4.79 Å². The van der Waals surface area contributed by atoms with Gasteiger partial charge in [-0.05, 0) is 48.9 Å². The lowest BCUT2D eigenvalue weighted by atomic mass is 9.86. The first-order valence-corrected chi connectivity index (χ1v) is 8.18. The molecule has 21 heavy (non-hydrogen) atoms. The van der Waals surface area contributed by atoms with Crippen molar-refractivity contribution in [2.45, 2.75) is 52.0 Å². The molecule has 4 heteroatoms. The third-order valence-corrected chi connectivity index (χ3v) is 4.59. The number of ether oxygens (including phenoxy) is 1. The smallest absolute Gasteiger partial charge is 0.258 e. The van der Waals surface area contributed by atoms with Crippen molar-refractivity contribution in [1.82, 2.24) is 5.32 Å². The van der Waals surface area contributed by atoms with E-state index in [1.807, 2.05) is 19.1 Å². The number of aryl methyl sites for hydroxylation is 1. The zero-order valence-electron chi connectivity index (χ0n) is 12.8. The second-order valence-electron chi connectivity index (χ2n) is 5.83. The van der Waals surface area contributed by atoms with Crippen molar-refractivity contribution in [1.29, 1.82) is 0 Å². The normalized spacial score (nSPS) is 21.9. The van der Waals surface area contributed by atoms with Gasteiger partial charge in [-0.15, -0.1) is 0 Å². The third-order valence-electron chi connectivity index (χ3n) is 4.23. The van der Waals surface area contributed by atoms with Crippen LogP contribution in [0.4, 0.5) is 0 Å². The van der Waals surface area contributed by atoms with Gasteiger partial charge in [0.1, 0.15) is 5.75 Å². The van der Waals surface area contributed by atoms with Gasteiger partial charge in [0.2, 0.25) is 0 Å². The highest BCUT2D eigenvalue weighted by Crippen LogP contribution is 2.24. The average Bonchev–Trinajstić information content (AvgIpc) is 2.49. The quantitative estimate of drug-likeness (QED) is 0.893. The molecule has 1 saturated carbocycles. The first-order valence-electron chi connectivity index (χ1n) is 7.80. The van der Waals surface area contributed by atoms with Crippen LogP contribution in [0, 0.1) is 5.92 Å². The number of hydrogen-bond acceptors (Lipinski definition) is 2. The van der Waals surface area contributed by atoms with Crippen molar-refractivity contribution in [2.24, 2.45) is 5.92 Å². The summed E-state index contributed by atoms with van der Waals surface area (Å²) in [5, 5.41) is 3.83. The molecule has 1 aromatic carbocycles. The molecule has 3 nitrogen and oxygen atoms in total. The standard InChI is InChI=1S/C17H24ClNO2/c1-3-13-10-14(8-9-15(13)18)21-11-17(20)19-16-7-5-4-6-12(16)2/h8-10,12,16H,3-7,11H2,1-2H3,(H,19,20)/t12-,16+/m0/s1. The number of benzene rings is 1. The largest absolute Gasteiger partial charge is 0.484 e. The second-order valence-corrected chi connectivity index (χ2v) is 6.24. The van der Waals surface area contributed by atoms with Crippen LogP contribution in [0.5, 0.6) is 5.75 Å². The van der Waals surface area contributed by atoms with Crippen molar-refractivity contribution in [3.8, 4) is 5.75 Å². The number of halogens is 1. The summed E-state index contributed by atoms with van der Waals surface area (Å²) in [6, 6.07) is 5.82. The van der Waals surface area contributed by atoms with E-state index >= 15 is 0 Å². The van der Waals surface area contributed by atoms with E-state index in [0.29, 0.717) is 17.7 Å². The highest BCUT2D eigenvalue weighted by Gasteiger charge is 2.22. The molecule has 1 N–H and O–H groups in total. The SMILES string of the molecule is CCc1cc(OCC(=O)N[C@@H]2CCCC[C@@H]2C)ccc1Cl. The molecule has 1 fully saturated rings. The molecule has 0 aromatic heterocycles. The molecule has 0 spiro atoms. The van der Waals surface area contributed by atoms with Crippen LogP contribution < -0.4 is 10.1 Å². The molecule has 1 amide bonds. The Bertz CT molecular complexity index is 490. The number of amides is 1. The van der Waals surface area contributed by atoms with Gasteiger partial charge >= 0.3 is 0 Å². The van der Waals surface area contributed by atoms with Gasteiger partial charge in [-0.1, -0.05) is 38.3 Å². The van der Waals surface area contributed by atoms with Crippen LogP contribution in [0.25, 0.3) is 0 Å². The lowest BCUT2D eigenvalue weighted by Gasteiger charge is -2.29. The van der Waals surface area contributed by atoms with Crippen molar-refractivity contribution in [3.63, 3.8) is 0 Å². The van der Waals surface area contributed by atoms with E-state index in [2.05, 4.69) is 12.2 Å². The number of rotatable bonds is 5. The number of hydrogen-bond donors (Lipinski definition) is 1. The molecular weight excluding hydrogens is 286 g/mol. The summed E-state index contributed by atoms with van der Waals surface area (Å²) >= 11 is 6.07. The van der Waals surface area contributed by atoms with Gasteiger partial charge < -0.3 is 10.1 Å². The molecule has 2 atom stereocenters. The fourth-order valence-electron chi connectivity index (χ4n) is 2.84. The lowest BCUT2D eigenvalue weighted by Crippen LogP contribution is -2.43. The minimum absolute atomic E-state index is 0.0400. The van der Waals surface area contributed by atoms with Gasteiger partial charge in [-0.25, -0.2) is 0 Å². The summed E-state index contributed by atoms with van der Waals surface area (Å²) in [4.78, 5) is 12.0. The molecular formula is C17H24ClNO2. The van der Waals surface area contributed by atoms with Crippen LogP contribution in [0.2, 0.25) is 5.02 Å². The predicted molar refractivity (Wildman–Crippen MR) is 85.9 cm³/mol. The molecule has 1 aromatic rings. The minimum Gasteiger partial charge on any atom is -0.484 e. The average molecular weight is 310 g/mol. The second kappa shape index (κ2) is 7.69. The summed E-state index contributed by atoms with van der Waals surface area (Å²) < 4.78 is 5.57. The third kappa shape index (κ3) is 4.63. The van der Waals surface area contributed by atoms with Crippen molar-refractivity contribution >= 4 is 17.5 Å². The predicted octanol–water partition coefficient (Wildman–Crippen LogP) is 3.98. The Morgan fingerprint density at radius 3 is 2.86 bits per heavy atom. The Balaban J connectivity index is 1.83. The van der Waals surface area contributed by atoms with Crippen molar-refractivity contribution < 1.29 is 9.53 Å². The van der Waals surface area contributed by atoms with Crippen LogP contribution in [0.3, 0.4) is 0 Å². The Labute approximate surface area is 132 Å². The Hall–Kier alpha value is -1.22. The molecule has 116 valence electrons. The van der Waals surface area contributed by atoms with Crippen LogP contribution >= 0.6 is 11.6 Å². The molecule has 1 aliphatic rings.